The summed E-state index contributed by atoms with van der Waals surface area (Å²) in [5, 5.41) is 5.48. The molecule has 114 valence electrons. The Balaban J connectivity index is 1.81. The van der Waals surface area contributed by atoms with E-state index in [1.807, 2.05) is 22.8 Å². The van der Waals surface area contributed by atoms with Gasteiger partial charge >= 0.3 is 0 Å². The average molecular weight is 314 g/mol. The van der Waals surface area contributed by atoms with E-state index in [2.05, 4.69) is 40.0 Å². The Kier molecular flexibility index (Phi) is 3.11. The smallest absolute Gasteiger partial charge is 0.254 e. The number of rotatable bonds is 2. The lowest BCUT2D eigenvalue weighted by Crippen LogP contribution is -2.28. The standard InChI is InChI=1S/C15H18N6S/c1-9-7-13(21-15(18-9)16-8-17-21)20(3)12-6-4-5-11-14(12)22-10(2)19-11/h7-8,12H,4-6H2,1-3H3/t12-/m1/s1. The highest BCUT2D eigenvalue weighted by molar-refractivity contribution is 7.11. The minimum Gasteiger partial charge on any atom is -0.352 e. The highest BCUT2D eigenvalue weighted by Crippen LogP contribution is 2.39. The van der Waals surface area contributed by atoms with Gasteiger partial charge in [0.25, 0.3) is 5.78 Å². The third-order valence-corrected chi connectivity index (χ3v) is 5.33. The molecule has 0 saturated heterocycles. The first-order valence-electron chi connectivity index (χ1n) is 7.50. The van der Waals surface area contributed by atoms with E-state index in [-0.39, 0.29) is 0 Å². The lowest BCUT2D eigenvalue weighted by molar-refractivity contribution is 0.541. The van der Waals surface area contributed by atoms with Crippen LogP contribution in [0.2, 0.25) is 0 Å². The second-order valence-electron chi connectivity index (χ2n) is 5.79. The summed E-state index contributed by atoms with van der Waals surface area (Å²) in [6.07, 6.45) is 4.97. The van der Waals surface area contributed by atoms with Crippen molar-refractivity contribution in [1.82, 2.24) is 24.6 Å². The van der Waals surface area contributed by atoms with Gasteiger partial charge in [-0.3, -0.25) is 0 Å². The molecule has 0 fully saturated rings. The second-order valence-corrected chi connectivity index (χ2v) is 7.03. The molecule has 3 heterocycles. The van der Waals surface area contributed by atoms with Crippen molar-refractivity contribution in [3.63, 3.8) is 0 Å². The lowest BCUT2D eigenvalue weighted by atomic mass is 9.97. The highest BCUT2D eigenvalue weighted by atomic mass is 32.1. The van der Waals surface area contributed by atoms with Gasteiger partial charge in [-0.05, 0) is 33.1 Å². The predicted octanol–water partition coefficient (Wildman–Crippen LogP) is 2.71. The summed E-state index contributed by atoms with van der Waals surface area (Å²) in [5.74, 6) is 1.68. The van der Waals surface area contributed by atoms with Crippen LogP contribution in [-0.4, -0.2) is 31.6 Å². The molecular formula is C15H18N6S. The molecule has 1 aliphatic carbocycles. The molecule has 0 saturated carbocycles. The van der Waals surface area contributed by atoms with Gasteiger partial charge < -0.3 is 4.90 Å². The fourth-order valence-electron chi connectivity index (χ4n) is 3.21. The van der Waals surface area contributed by atoms with Crippen molar-refractivity contribution < 1.29 is 0 Å². The summed E-state index contributed by atoms with van der Waals surface area (Å²) in [4.78, 5) is 17.0. The maximum Gasteiger partial charge on any atom is 0.254 e. The van der Waals surface area contributed by atoms with Crippen LogP contribution in [0.15, 0.2) is 12.4 Å². The predicted molar refractivity (Wildman–Crippen MR) is 86.5 cm³/mol. The number of hydrogen-bond acceptors (Lipinski definition) is 6. The summed E-state index contributed by atoms with van der Waals surface area (Å²) in [7, 11) is 2.13. The molecule has 4 rings (SSSR count). The summed E-state index contributed by atoms with van der Waals surface area (Å²) >= 11 is 1.82. The minimum atomic E-state index is 0.351. The Bertz CT molecular complexity index is 836. The van der Waals surface area contributed by atoms with E-state index in [4.69, 9.17) is 4.98 Å². The van der Waals surface area contributed by atoms with Crippen molar-refractivity contribution in [3.8, 4) is 0 Å². The van der Waals surface area contributed by atoms with Crippen molar-refractivity contribution in [2.24, 2.45) is 0 Å². The zero-order valence-electron chi connectivity index (χ0n) is 12.9. The van der Waals surface area contributed by atoms with E-state index in [0.29, 0.717) is 11.8 Å². The zero-order chi connectivity index (χ0) is 15.3. The maximum absolute atomic E-state index is 4.69. The largest absolute Gasteiger partial charge is 0.352 e. The van der Waals surface area contributed by atoms with Crippen molar-refractivity contribution in [2.75, 3.05) is 11.9 Å². The molecule has 7 heteroatoms. The van der Waals surface area contributed by atoms with Crippen molar-refractivity contribution >= 4 is 22.9 Å². The molecule has 6 nitrogen and oxygen atoms in total. The van der Waals surface area contributed by atoms with Gasteiger partial charge in [-0.15, -0.1) is 11.3 Å². The Hall–Kier alpha value is -2.02. The van der Waals surface area contributed by atoms with E-state index in [9.17, 15) is 0 Å². The van der Waals surface area contributed by atoms with E-state index in [1.54, 1.807) is 6.33 Å². The Morgan fingerprint density at radius 3 is 3.05 bits per heavy atom. The van der Waals surface area contributed by atoms with Crippen LogP contribution in [0.4, 0.5) is 5.82 Å². The fraction of sp³-hybridized carbons (Fsp3) is 0.467. The Labute approximate surface area is 132 Å². The summed E-state index contributed by atoms with van der Waals surface area (Å²) < 4.78 is 1.81. The van der Waals surface area contributed by atoms with Gasteiger partial charge in [0.15, 0.2) is 0 Å². The van der Waals surface area contributed by atoms with Crippen LogP contribution in [0.5, 0.6) is 0 Å². The summed E-state index contributed by atoms with van der Waals surface area (Å²) in [6, 6.07) is 2.42. The normalized spacial score (nSPS) is 17.7. The van der Waals surface area contributed by atoms with Crippen molar-refractivity contribution in [2.45, 2.75) is 39.2 Å². The molecule has 3 aromatic rings. The van der Waals surface area contributed by atoms with Gasteiger partial charge in [0.05, 0.1) is 21.6 Å². The molecule has 0 unspecified atom stereocenters. The molecule has 22 heavy (non-hydrogen) atoms. The van der Waals surface area contributed by atoms with Gasteiger partial charge in [0.2, 0.25) is 0 Å². The first-order chi connectivity index (χ1) is 10.6. The monoisotopic (exact) mass is 314 g/mol. The fourth-order valence-corrected chi connectivity index (χ4v) is 4.36. The number of anilines is 1. The number of fused-ring (bicyclic) bond motifs is 2. The van der Waals surface area contributed by atoms with Gasteiger partial charge in [0, 0.05) is 18.8 Å². The van der Waals surface area contributed by atoms with Crippen LogP contribution in [0.1, 0.15) is 40.2 Å². The summed E-state index contributed by atoms with van der Waals surface area (Å²) in [5.41, 5.74) is 2.23. The molecule has 1 atom stereocenters. The molecule has 0 bridgehead atoms. The molecule has 0 amide bonds. The van der Waals surface area contributed by atoms with Crippen LogP contribution in [0.25, 0.3) is 5.78 Å². The first-order valence-corrected chi connectivity index (χ1v) is 8.31. The number of hydrogen-bond donors (Lipinski definition) is 0. The molecule has 1 aliphatic rings. The van der Waals surface area contributed by atoms with Crippen LogP contribution in [0, 0.1) is 13.8 Å². The quantitative estimate of drug-likeness (QED) is 0.728. The molecule has 0 aliphatic heterocycles. The van der Waals surface area contributed by atoms with Crippen molar-refractivity contribution in [3.05, 3.63) is 33.7 Å². The maximum atomic E-state index is 4.69. The number of aryl methyl sites for hydroxylation is 3. The number of thiazole rings is 1. The van der Waals surface area contributed by atoms with Gasteiger partial charge in [-0.1, -0.05) is 0 Å². The lowest BCUT2D eigenvalue weighted by Gasteiger charge is -2.32. The van der Waals surface area contributed by atoms with Gasteiger partial charge in [0.1, 0.15) is 12.1 Å². The van der Waals surface area contributed by atoms with Gasteiger partial charge in [-0.25, -0.2) is 9.97 Å². The summed E-state index contributed by atoms with van der Waals surface area (Å²) in [6.45, 7) is 4.08. The Morgan fingerprint density at radius 1 is 1.32 bits per heavy atom. The van der Waals surface area contributed by atoms with E-state index in [1.165, 1.54) is 17.0 Å². The van der Waals surface area contributed by atoms with E-state index >= 15 is 0 Å². The number of aromatic nitrogens is 5. The topological polar surface area (TPSA) is 59.2 Å². The highest BCUT2D eigenvalue weighted by Gasteiger charge is 2.28. The van der Waals surface area contributed by atoms with E-state index in [0.717, 1.165) is 29.4 Å². The Morgan fingerprint density at radius 2 is 2.18 bits per heavy atom. The molecule has 0 N–H and O–H groups in total. The minimum absolute atomic E-state index is 0.351. The van der Waals surface area contributed by atoms with E-state index < -0.39 is 0 Å². The van der Waals surface area contributed by atoms with Crippen LogP contribution in [-0.2, 0) is 6.42 Å². The zero-order valence-corrected chi connectivity index (χ0v) is 13.8. The average Bonchev–Trinajstić information content (AvgIpc) is 3.09. The third-order valence-electron chi connectivity index (χ3n) is 4.22. The number of nitrogens with zero attached hydrogens (tertiary/aromatic N) is 6. The van der Waals surface area contributed by atoms with Crippen LogP contribution < -0.4 is 4.90 Å². The molecule has 0 spiro atoms. The third kappa shape index (κ3) is 2.08. The van der Waals surface area contributed by atoms with Crippen LogP contribution in [0.3, 0.4) is 0 Å². The molecular weight excluding hydrogens is 296 g/mol. The molecule has 0 radical (unpaired) electrons. The van der Waals surface area contributed by atoms with Crippen LogP contribution >= 0.6 is 11.3 Å². The molecule has 3 aromatic heterocycles. The SMILES string of the molecule is Cc1cc(N(C)[C@@H]2CCCc3nc(C)sc32)n2ncnc2n1. The van der Waals surface area contributed by atoms with Gasteiger partial charge in [-0.2, -0.15) is 14.6 Å². The second kappa shape index (κ2) is 5.01. The van der Waals surface area contributed by atoms with Crippen molar-refractivity contribution in [1.29, 1.82) is 0 Å². The molecule has 0 aromatic carbocycles. The first kappa shape index (κ1) is 13.6.